The molecule has 0 saturated carbocycles. The van der Waals surface area contributed by atoms with Gasteiger partial charge in [0.1, 0.15) is 17.5 Å². The van der Waals surface area contributed by atoms with E-state index in [0.717, 1.165) is 18.4 Å². The molecule has 2 rings (SSSR count). The first-order valence-electron chi connectivity index (χ1n) is 6.76. The second-order valence-corrected chi connectivity index (χ2v) is 4.66. The van der Waals surface area contributed by atoms with Crippen LogP contribution < -0.4 is 11.1 Å². The van der Waals surface area contributed by atoms with Crippen molar-refractivity contribution >= 4 is 11.6 Å². The second kappa shape index (κ2) is 6.86. The number of benzene rings is 1. The molecule has 1 unspecified atom stereocenters. The van der Waals surface area contributed by atoms with Crippen LogP contribution in [0.4, 0.5) is 11.6 Å². The van der Waals surface area contributed by atoms with Crippen LogP contribution in [0.25, 0.3) is 0 Å². The lowest BCUT2D eigenvalue weighted by atomic mass is 10.1. The summed E-state index contributed by atoms with van der Waals surface area (Å²) in [5.41, 5.74) is 6.91. The van der Waals surface area contributed by atoms with Crippen molar-refractivity contribution < 1.29 is 5.11 Å². The predicted octanol–water partition coefficient (Wildman–Crippen LogP) is 1.64. The van der Waals surface area contributed by atoms with E-state index in [2.05, 4.69) is 15.3 Å². The molecule has 5 nitrogen and oxygen atoms in total. The maximum atomic E-state index is 9.51. The van der Waals surface area contributed by atoms with Crippen molar-refractivity contribution in [2.45, 2.75) is 25.8 Å². The highest BCUT2D eigenvalue weighted by Crippen LogP contribution is 2.12. The van der Waals surface area contributed by atoms with Crippen LogP contribution >= 0.6 is 0 Å². The summed E-state index contributed by atoms with van der Waals surface area (Å²) >= 11 is 0. The van der Waals surface area contributed by atoms with Gasteiger partial charge in [0.2, 0.25) is 0 Å². The lowest BCUT2D eigenvalue weighted by molar-refractivity contribution is 0.273. The van der Waals surface area contributed by atoms with Crippen molar-refractivity contribution in [3.05, 3.63) is 47.8 Å². The molecule has 20 heavy (non-hydrogen) atoms. The minimum atomic E-state index is -0.101. The Labute approximate surface area is 118 Å². The summed E-state index contributed by atoms with van der Waals surface area (Å²) in [4.78, 5) is 8.50. The Balaban J connectivity index is 2.08. The molecule has 4 N–H and O–H groups in total. The van der Waals surface area contributed by atoms with E-state index in [1.807, 2.05) is 37.3 Å². The molecule has 0 amide bonds. The highest BCUT2D eigenvalue weighted by molar-refractivity contribution is 5.45. The Kier molecular flexibility index (Phi) is 4.90. The highest BCUT2D eigenvalue weighted by atomic mass is 16.3. The van der Waals surface area contributed by atoms with Crippen LogP contribution in [0.3, 0.4) is 0 Å². The smallest absolute Gasteiger partial charge is 0.132 e. The minimum absolute atomic E-state index is 0.0280. The van der Waals surface area contributed by atoms with Gasteiger partial charge in [0.25, 0.3) is 0 Å². The van der Waals surface area contributed by atoms with Crippen molar-refractivity contribution in [3.63, 3.8) is 0 Å². The van der Waals surface area contributed by atoms with Gasteiger partial charge in [0.05, 0.1) is 12.6 Å². The Morgan fingerprint density at radius 3 is 2.65 bits per heavy atom. The summed E-state index contributed by atoms with van der Waals surface area (Å²) < 4.78 is 0. The maximum Gasteiger partial charge on any atom is 0.132 e. The number of aliphatic hydroxyl groups is 1. The summed E-state index contributed by atoms with van der Waals surface area (Å²) in [5, 5.41) is 12.7. The molecule has 0 aliphatic carbocycles. The monoisotopic (exact) mass is 272 g/mol. The van der Waals surface area contributed by atoms with E-state index in [1.165, 1.54) is 0 Å². The molecule has 1 aromatic carbocycles. The quantitative estimate of drug-likeness (QED) is 0.744. The molecular weight excluding hydrogens is 252 g/mol. The van der Waals surface area contributed by atoms with Gasteiger partial charge >= 0.3 is 0 Å². The van der Waals surface area contributed by atoms with Crippen LogP contribution in [0.2, 0.25) is 0 Å². The number of nitrogens with one attached hydrogen (secondary N) is 1. The zero-order valence-corrected chi connectivity index (χ0v) is 11.6. The van der Waals surface area contributed by atoms with Crippen LogP contribution in [-0.2, 0) is 12.8 Å². The number of hydrogen-bond donors (Lipinski definition) is 3. The number of nitrogens with zero attached hydrogens (tertiary/aromatic N) is 2. The lowest BCUT2D eigenvalue weighted by Gasteiger charge is -2.17. The van der Waals surface area contributed by atoms with E-state index in [0.29, 0.717) is 17.5 Å². The normalized spacial score (nSPS) is 12.1. The van der Waals surface area contributed by atoms with Crippen LogP contribution in [0, 0.1) is 0 Å². The van der Waals surface area contributed by atoms with Crippen molar-refractivity contribution in [2.75, 3.05) is 17.7 Å². The molecule has 1 aromatic heterocycles. The molecule has 0 aliphatic rings. The number of aromatic nitrogens is 2. The zero-order chi connectivity index (χ0) is 14.4. The van der Waals surface area contributed by atoms with Gasteiger partial charge < -0.3 is 16.2 Å². The topological polar surface area (TPSA) is 84.1 Å². The first-order valence-corrected chi connectivity index (χ1v) is 6.76. The number of aliphatic hydroxyl groups excluding tert-OH is 1. The van der Waals surface area contributed by atoms with Gasteiger partial charge in [-0.05, 0) is 12.0 Å². The van der Waals surface area contributed by atoms with Gasteiger partial charge in [0.15, 0.2) is 0 Å². The number of nitrogen functional groups attached to an aromatic ring is 1. The number of nitrogens with two attached hydrogens (primary N) is 1. The van der Waals surface area contributed by atoms with Gasteiger partial charge in [-0.3, -0.25) is 0 Å². The molecule has 2 aromatic rings. The summed E-state index contributed by atoms with van der Waals surface area (Å²) in [7, 11) is 0. The molecule has 5 heteroatoms. The van der Waals surface area contributed by atoms with Crippen LogP contribution in [0.1, 0.15) is 18.3 Å². The Morgan fingerprint density at radius 1 is 1.25 bits per heavy atom. The largest absolute Gasteiger partial charge is 0.394 e. The molecule has 0 spiro atoms. The Morgan fingerprint density at radius 2 is 2.00 bits per heavy atom. The van der Waals surface area contributed by atoms with E-state index in [-0.39, 0.29) is 12.6 Å². The van der Waals surface area contributed by atoms with E-state index in [4.69, 9.17) is 5.73 Å². The maximum absolute atomic E-state index is 9.51. The molecule has 0 aliphatic heterocycles. The van der Waals surface area contributed by atoms with Gasteiger partial charge in [-0.25, -0.2) is 9.97 Å². The fourth-order valence-electron chi connectivity index (χ4n) is 2.02. The van der Waals surface area contributed by atoms with Gasteiger partial charge in [-0.15, -0.1) is 0 Å². The van der Waals surface area contributed by atoms with Crippen molar-refractivity contribution in [3.8, 4) is 0 Å². The van der Waals surface area contributed by atoms with Gasteiger partial charge in [-0.2, -0.15) is 0 Å². The third-order valence-corrected chi connectivity index (χ3v) is 3.01. The molecule has 0 saturated heterocycles. The van der Waals surface area contributed by atoms with Crippen molar-refractivity contribution in [1.29, 1.82) is 0 Å². The average Bonchev–Trinajstić information content (AvgIpc) is 2.47. The zero-order valence-electron chi connectivity index (χ0n) is 11.6. The van der Waals surface area contributed by atoms with E-state index in [9.17, 15) is 5.11 Å². The fraction of sp³-hybridized carbons (Fsp3) is 0.333. The molecule has 0 radical (unpaired) electrons. The van der Waals surface area contributed by atoms with E-state index in [1.54, 1.807) is 6.07 Å². The first kappa shape index (κ1) is 14.3. The SMILES string of the molecule is CCc1nc(N)cc(NC(CO)Cc2ccccc2)n1. The van der Waals surface area contributed by atoms with Gasteiger partial charge in [-0.1, -0.05) is 37.3 Å². The minimum Gasteiger partial charge on any atom is -0.394 e. The molecule has 1 atom stereocenters. The molecular formula is C15H20N4O. The second-order valence-electron chi connectivity index (χ2n) is 4.66. The van der Waals surface area contributed by atoms with Crippen LogP contribution in [-0.4, -0.2) is 27.7 Å². The number of anilines is 2. The predicted molar refractivity (Wildman–Crippen MR) is 80.5 cm³/mol. The number of rotatable bonds is 6. The lowest BCUT2D eigenvalue weighted by Crippen LogP contribution is -2.27. The number of aryl methyl sites for hydroxylation is 1. The van der Waals surface area contributed by atoms with Crippen molar-refractivity contribution in [1.82, 2.24) is 9.97 Å². The Hall–Kier alpha value is -2.14. The van der Waals surface area contributed by atoms with Crippen molar-refractivity contribution in [2.24, 2.45) is 0 Å². The summed E-state index contributed by atoms with van der Waals surface area (Å²) in [6.45, 7) is 2.01. The average molecular weight is 272 g/mol. The molecule has 1 heterocycles. The molecule has 106 valence electrons. The highest BCUT2D eigenvalue weighted by Gasteiger charge is 2.10. The third-order valence-electron chi connectivity index (χ3n) is 3.01. The standard InChI is InChI=1S/C15H20N4O/c1-2-14-18-13(16)9-15(19-14)17-12(10-20)8-11-6-4-3-5-7-11/h3-7,9,12,20H,2,8,10H2,1H3,(H3,16,17,18,19). The molecule has 0 fully saturated rings. The third kappa shape index (κ3) is 3.93. The Bertz CT molecular complexity index is 545. The summed E-state index contributed by atoms with van der Waals surface area (Å²) in [6.07, 6.45) is 1.45. The van der Waals surface area contributed by atoms with Crippen LogP contribution in [0.5, 0.6) is 0 Å². The molecule has 0 bridgehead atoms. The van der Waals surface area contributed by atoms with Crippen LogP contribution in [0.15, 0.2) is 36.4 Å². The first-order chi connectivity index (χ1) is 9.71. The summed E-state index contributed by atoms with van der Waals surface area (Å²) in [6, 6.07) is 11.6. The fourth-order valence-corrected chi connectivity index (χ4v) is 2.02. The van der Waals surface area contributed by atoms with E-state index >= 15 is 0 Å². The van der Waals surface area contributed by atoms with Gasteiger partial charge in [0, 0.05) is 12.5 Å². The summed E-state index contributed by atoms with van der Waals surface area (Å²) in [5.74, 6) is 1.80. The van der Waals surface area contributed by atoms with E-state index < -0.39 is 0 Å². The number of hydrogen-bond acceptors (Lipinski definition) is 5.